The summed E-state index contributed by atoms with van der Waals surface area (Å²) in [5.74, 6) is 1.36. The second-order valence-electron chi connectivity index (χ2n) is 6.13. The van der Waals surface area contributed by atoms with Gasteiger partial charge in [0, 0.05) is 12.5 Å². The molecule has 0 fully saturated rings. The second kappa shape index (κ2) is 5.17. The molecule has 25 heavy (non-hydrogen) atoms. The Bertz CT molecular complexity index is 1010. The minimum absolute atomic E-state index is 0.0764. The molecule has 2 aliphatic rings. The zero-order chi connectivity index (χ0) is 17.0. The molecule has 0 saturated carbocycles. The van der Waals surface area contributed by atoms with Gasteiger partial charge in [-0.05, 0) is 19.4 Å². The maximum absolute atomic E-state index is 5.48. The van der Waals surface area contributed by atoms with Crippen LogP contribution in [0.15, 0.2) is 41.1 Å². The van der Waals surface area contributed by atoms with Crippen molar-refractivity contribution in [3.05, 3.63) is 53.8 Å². The number of allylic oxidation sites excluding steroid dienone is 3. The average Bonchev–Trinajstić information content (AvgIpc) is 3.34. The fourth-order valence-corrected chi connectivity index (χ4v) is 3.54. The molecule has 5 rings (SSSR count). The number of methoxy groups -OCH3 is 1. The van der Waals surface area contributed by atoms with E-state index in [4.69, 9.17) is 9.15 Å². The number of nitrogens with zero attached hydrogens (tertiary/aromatic N) is 6. The number of hydrogen-bond acceptors (Lipinski definition) is 6. The molecule has 1 aliphatic heterocycles. The average molecular weight is 336 g/mol. The molecule has 0 N–H and O–H groups in total. The number of fused-ring (bicyclic) bond motifs is 5. The molecule has 8 heteroatoms. The Labute approximate surface area is 143 Å². The molecule has 126 valence electrons. The van der Waals surface area contributed by atoms with Gasteiger partial charge in [-0.2, -0.15) is 0 Å². The van der Waals surface area contributed by atoms with Gasteiger partial charge in [0.05, 0.1) is 48.5 Å². The van der Waals surface area contributed by atoms with Gasteiger partial charge in [0.2, 0.25) is 5.89 Å². The van der Waals surface area contributed by atoms with Gasteiger partial charge >= 0.3 is 0 Å². The molecule has 3 aromatic rings. The van der Waals surface area contributed by atoms with E-state index in [1.165, 1.54) is 0 Å². The zero-order valence-corrected chi connectivity index (χ0v) is 13.9. The van der Waals surface area contributed by atoms with Crippen LogP contribution in [0.3, 0.4) is 0 Å². The standard InChI is InChI=1S/C17H16N6O2/c1-10-13-8-15-16(17-18-5-6-25-17)19-9-22(15)12-4-3-11(24-2)7-14(12)23(13)21-20-10/h3,5-7,9,12H,4,8H2,1-2H3. The van der Waals surface area contributed by atoms with Gasteiger partial charge in [-0.25, -0.2) is 14.6 Å². The quantitative estimate of drug-likeness (QED) is 0.714. The highest BCUT2D eigenvalue weighted by Crippen LogP contribution is 2.39. The largest absolute Gasteiger partial charge is 0.497 e. The van der Waals surface area contributed by atoms with Crippen molar-refractivity contribution in [2.24, 2.45) is 0 Å². The van der Waals surface area contributed by atoms with Crippen molar-refractivity contribution in [2.45, 2.75) is 25.8 Å². The summed E-state index contributed by atoms with van der Waals surface area (Å²) in [4.78, 5) is 8.84. The van der Waals surface area contributed by atoms with Crippen molar-refractivity contribution in [2.75, 3.05) is 7.11 Å². The summed E-state index contributed by atoms with van der Waals surface area (Å²) in [6.45, 7) is 1.97. The number of hydrogen-bond donors (Lipinski definition) is 0. The predicted molar refractivity (Wildman–Crippen MR) is 88.3 cm³/mol. The Morgan fingerprint density at radius 1 is 1.28 bits per heavy atom. The van der Waals surface area contributed by atoms with Crippen molar-refractivity contribution in [3.8, 4) is 11.6 Å². The van der Waals surface area contributed by atoms with Crippen molar-refractivity contribution >= 4 is 5.70 Å². The Hall–Kier alpha value is -3.16. The first-order chi connectivity index (χ1) is 12.3. The third-order valence-corrected chi connectivity index (χ3v) is 4.81. The molecule has 0 bridgehead atoms. The molecule has 8 nitrogen and oxygen atoms in total. The van der Waals surface area contributed by atoms with Crippen LogP contribution in [0.1, 0.15) is 29.5 Å². The fraction of sp³-hybridized carbons (Fsp3) is 0.294. The van der Waals surface area contributed by atoms with E-state index in [-0.39, 0.29) is 6.04 Å². The summed E-state index contributed by atoms with van der Waals surface area (Å²) < 4.78 is 15.0. The summed E-state index contributed by atoms with van der Waals surface area (Å²) in [6, 6.07) is 0.0764. The van der Waals surface area contributed by atoms with Crippen LogP contribution >= 0.6 is 0 Å². The normalized spacial score (nSPS) is 18.6. The van der Waals surface area contributed by atoms with Crippen LogP contribution < -0.4 is 0 Å². The summed E-state index contributed by atoms with van der Waals surface area (Å²) in [5.41, 5.74) is 4.79. The van der Waals surface area contributed by atoms with Crippen LogP contribution in [-0.4, -0.2) is 36.6 Å². The third kappa shape index (κ3) is 2.00. The number of ether oxygens (including phenoxy) is 1. The van der Waals surface area contributed by atoms with E-state index in [1.807, 2.05) is 24.0 Å². The Balaban J connectivity index is 1.75. The van der Waals surface area contributed by atoms with Crippen molar-refractivity contribution < 1.29 is 9.15 Å². The highest BCUT2D eigenvalue weighted by Gasteiger charge is 2.32. The molecule has 0 saturated heterocycles. The molecule has 0 amide bonds. The summed E-state index contributed by atoms with van der Waals surface area (Å²) in [6.07, 6.45) is 10.6. The molecule has 4 heterocycles. The highest BCUT2D eigenvalue weighted by atomic mass is 16.5. The van der Waals surface area contributed by atoms with E-state index in [9.17, 15) is 0 Å². The number of rotatable bonds is 2. The van der Waals surface area contributed by atoms with Crippen LogP contribution in [0.25, 0.3) is 17.3 Å². The lowest BCUT2D eigenvalue weighted by atomic mass is 10.0. The Kier molecular flexibility index (Phi) is 2.94. The summed E-state index contributed by atoms with van der Waals surface area (Å²) in [7, 11) is 1.68. The van der Waals surface area contributed by atoms with Gasteiger partial charge in [0.25, 0.3) is 0 Å². The van der Waals surface area contributed by atoms with Crippen LogP contribution in [0.4, 0.5) is 0 Å². The number of aryl methyl sites for hydroxylation is 1. The van der Waals surface area contributed by atoms with Crippen molar-refractivity contribution in [1.29, 1.82) is 0 Å². The number of imidazole rings is 1. The summed E-state index contributed by atoms with van der Waals surface area (Å²) in [5, 5.41) is 8.64. The molecular weight excluding hydrogens is 320 g/mol. The van der Waals surface area contributed by atoms with Crippen LogP contribution in [0, 0.1) is 6.92 Å². The molecule has 0 aromatic carbocycles. The van der Waals surface area contributed by atoms with E-state index < -0.39 is 0 Å². The van der Waals surface area contributed by atoms with Crippen LogP contribution in [0.5, 0.6) is 0 Å². The summed E-state index contributed by atoms with van der Waals surface area (Å²) >= 11 is 0. The lowest BCUT2D eigenvalue weighted by Crippen LogP contribution is -2.17. The molecule has 1 atom stereocenters. The smallest absolute Gasteiger partial charge is 0.246 e. The first-order valence-corrected chi connectivity index (χ1v) is 8.09. The fourth-order valence-electron chi connectivity index (χ4n) is 3.54. The van der Waals surface area contributed by atoms with Gasteiger partial charge in [-0.15, -0.1) is 5.10 Å². The van der Waals surface area contributed by atoms with Gasteiger partial charge in [-0.3, -0.25) is 0 Å². The van der Waals surface area contributed by atoms with E-state index >= 15 is 0 Å². The minimum Gasteiger partial charge on any atom is -0.497 e. The SMILES string of the molecule is COC1=CCC2C(=C1)n1nnc(C)c1Cc1c(-c3ncco3)ncn12. The monoisotopic (exact) mass is 336 g/mol. The molecule has 3 aromatic heterocycles. The lowest BCUT2D eigenvalue weighted by molar-refractivity contribution is 0.301. The van der Waals surface area contributed by atoms with Gasteiger partial charge in [0.1, 0.15) is 17.7 Å². The van der Waals surface area contributed by atoms with Gasteiger partial charge in [0.15, 0.2) is 0 Å². The molecule has 1 aliphatic carbocycles. The maximum atomic E-state index is 5.48. The molecular formula is C17H16N6O2. The predicted octanol–water partition coefficient (Wildman–Crippen LogP) is 2.36. The highest BCUT2D eigenvalue weighted by molar-refractivity contribution is 5.61. The van der Waals surface area contributed by atoms with Crippen LogP contribution in [0.2, 0.25) is 0 Å². The van der Waals surface area contributed by atoms with E-state index in [0.717, 1.165) is 40.7 Å². The molecule has 1 unspecified atom stereocenters. The number of oxazole rings is 1. The lowest BCUT2D eigenvalue weighted by Gasteiger charge is -2.24. The second-order valence-corrected chi connectivity index (χ2v) is 6.13. The van der Waals surface area contributed by atoms with Gasteiger partial charge < -0.3 is 13.7 Å². The molecule has 0 radical (unpaired) electrons. The van der Waals surface area contributed by atoms with E-state index in [1.54, 1.807) is 19.6 Å². The van der Waals surface area contributed by atoms with Crippen molar-refractivity contribution in [3.63, 3.8) is 0 Å². The topological polar surface area (TPSA) is 83.8 Å². The van der Waals surface area contributed by atoms with Crippen LogP contribution in [-0.2, 0) is 11.2 Å². The van der Waals surface area contributed by atoms with E-state index in [2.05, 4.69) is 30.9 Å². The Morgan fingerprint density at radius 3 is 3.00 bits per heavy atom. The van der Waals surface area contributed by atoms with Crippen molar-refractivity contribution in [1.82, 2.24) is 29.5 Å². The number of aromatic nitrogens is 6. The van der Waals surface area contributed by atoms with E-state index in [0.29, 0.717) is 12.3 Å². The third-order valence-electron chi connectivity index (χ3n) is 4.81. The minimum atomic E-state index is 0.0764. The first-order valence-electron chi connectivity index (χ1n) is 8.09. The molecule has 0 spiro atoms. The Morgan fingerprint density at radius 2 is 2.20 bits per heavy atom. The first kappa shape index (κ1) is 14.2. The maximum Gasteiger partial charge on any atom is 0.246 e. The zero-order valence-electron chi connectivity index (χ0n) is 13.9. The van der Waals surface area contributed by atoms with Gasteiger partial charge in [-0.1, -0.05) is 5.21 Å².